The van der Waals surface area contributed by atoms with Crippen molar-refractivity contribution in [2.75, 3.05) is 0 Å². The fourth-order valence-electron chi connectivity index (χ4n) is 4.43. The Morgan fingerprint density at radius 3 is 2.63 bits per heavy atom. The van der Waals surface area contributed by atoms with E-state index in [1.165, 1.54) is 51.4 Å². The highest BCUT2D eigenvalue weighted by Crippen LogP contribution is 2.45. The van der Waals surface area contributed by atoms with Crippen LogP contribution in [0.2, 0.25) is 0 Å². The molecule has 2 aliphatic rings. The molecular formula is C17H26O2. The van der Waals surface area contributed by atoms with E-state index in [1.54, 1.807) is 12.5 Å². The highest BCUT2D eigenvalue weighted by atomic mass is 16.3. The molecule has 19 heavy (non-hydrogen) atoms. The van der Waals surface area contributed by atoms with Gasteiger partial charge in [0.05, 0.1) is 18.1 Å². The maximum absolute atomic E-state index is 11.2. The monoisotopic (exact) mass is 262 g/mol. The van der Waals surface area contributed by atoms with Crippen molar-refractivity contribution >= 4 is 0 Å². The first-order valence-electron chi connectivity index (χ1n) is 8.01. The van der Waals surface area contributed by atoms with Crippen molar-refractivity contribution in [2.45, 2.75) is 69.8 Å². The summed E-state index contributed by atoms with van der Waals surface area (Å²) in [5.74, 6) is 1.27. The molecule has 2 atom stereocenters. The minimum atomic E-state index is -0.482. The molecule has 0 aromatic carbocycles. The maximum atomic E-state index is 11.2. The summed E-state index contributed by atoms with van der Waals surface area (Å²) in [5.41, 5.74) is 0.676. The summed E-state index contributed by atoms with van der Waals surface area (Å²) in [6.07, 6.45) is 15.8. The summed E-state index contributed by atoms with van der Waals surface area (Å²) in [6, 6.07) is 2.00. The molecule has 2 fully saturated rings. The van der Waals surface area contributed by atoms with E-state index in [9.17, 15) is 5.11 Å². The smallest absolute Gasteiger partial charge is 0.0935 e. The molecule has 2 saturated carbocycles. The van der Waals surface area contributed by atoms with E-state index >= 15 is 0 Å². The Morgan fingerprint density at radius 2 is 1.89 bits per heavy atom. The molecule has 0 amide bonds. The van der Waals surface area contributed by atoms with Crippen LogP contribution >= 0.6 is 0 Å². The van der Waals surface area contributed by atoms with Crippen LogP contribution in [0.15, 0.2) is 23.0 Å². The van der Waals surface area contributed by atoms with E-state index in [1.807, 2.05) is 6.07 Å². The summed E-state index contributed by atoms with van der Waals surface area (Å²) in [7, 11) is 0. The minimum absolute atomic E-state index is 0.482. The van der Waals surface area contributed by atoms with Gasteiger partial charge in [0.15, 0.2) is 0 Å². The third-order valence-electron chi connectivity index (χ3n) is 5.37. The molecule has 0 aliphatic heterocycles. The second-order valence-electron chi connectivity index (χ2n) is 6.66. The lowest BCUT2D eigenvalue weighted by molar-refractivity contribution is -0.0767. The summed E-state index contributed by atoms with van der Waals surface area (Å²) in [6.45, 7) is 0. The molecule has 2 nitrogen and oxygen atoms in total. The maximum Gasteiger partial charge on any atom is 0.0935 e. The van der Waals surface area contributed by atoms with Crippen molar-refractivity contribution in [3.63, 3.8) is 0 Å². The Balaban J connectivity index is 1.75. The topological polar surface area (TPSA) is 33.4 Å². The number of rotatable bonds is 3. The lowest BCUT2D eigenvalue weighted by Gasteiger charge is -2.45. The third-order valence-corrected chi connectivity index (χ3v) is 5.37. The molecule has 0 spiro atoms. The van der Waals surface area contributed by atoms with Crippen LogP contribution in [-0.2, 0) is 6.42 Å². The van der Waals surface area contributed by atoms with Crippen molar-refractivity contribution in [3.8, 4) is 0 Å². The molecule has 0 bridgehead atoms. The molecule has 1 heterocycles. The zero-order valence-electron chi connectivity index (χ0n) is 11.8. The molecule has 2 aliphatic carbocycles. The van der Waals surface area contributed by atoms with Gasteiger partial charge >= 0.3 is 0 Å². The fraction of sp³-hybridized carbons (Fsp3) is 0.765. The average Bonchev–Trinajstić information content (AvgIpc) is 2.92. The second-order valence-corrected chi connectivity index (χ2v) is 6.66. The molecular weight excluding hydrogens is 236 g/mol. The molecule has 106 valence electrons. The first-order valence-corrected chi connectivity index (χ1v) is 8.01. The van der Waals surface area contributed by atoms with Gasteiger partial charge in [-0.3, -0.25) is 0 Å². The van der Waals surface area contributed by atoms with Gasteiger partial charge in [0.2, 0.25) is 0 Å². The second kappa shape index (κ2) is 5.70. The number of hydrogen-bond donors (Lipinski definition) is 1. The van der Waals surface area contributed by atoms with Crippen LogP contribution in [0.5, 0.6) is 0 Å². The lowest BCUT2D eigenvalue weighted by Crippen LogP contribution is -2.46. The standard InChI is InChI=1S/C17H26O2/c18-17(12-14-9-11-19-13-14)10-5-4-8-16(17)15-6-2-1-3-7-15/h9,11,13,15-16,18H,1-8,10,12H2. The zero-order chi connectivity index (χ0) is 13.1. The van der Waals surface area contributed by atoms with E-state index in [4.69, 9.17) is 4.42 Å². The Hall–Kier alpha value is -0.760. The largest absolute Gasteiger partial charge is 0.472 e. The number of hydrogen-bond acceptors (Lipinski definition) is 2. The normalized spacial score (nSPS) is 33.4. The van der Waals surface area contributed by atoms with Crippen LogP contribution in [0.4, 0.5) is 0 Å². The minimum Gasteiger partial charge on any atom is -0.472 e. The van der Waals surface area contributed by atoms with Gasteiger partial charge in [-0.15, -0.1) is 0 Å². The summed E-state index contributed by atoms with van der Waals surface area (Å²) in [5, 5.41) is 11.2. The van der Waals surface area contributed by atoms with Crippen LogP contribution in [-0.4, -0.2) is 10.7 Å². The molecule has 3 rings (SSSR count). The molecule has 2 unspecified atom stereocenters. The van der Waals surface area contributed by atoms with Crippen molar-refractivity contribution in [2.24, 2.45) is 11.8 Å². The summed E-state index contributed by atoms with van der Waals surface area (Å²) in [4.78, 5) is 0. The predicted molar refractivity (Wildman–Crippen MR) is 75.9 cm³/mol. The van der Waals surface area contributed by atoms with Crippen LogP contribution in [0, 0.1) is 11.8 Å². The Morgan fingerprint density at radius 1 is 1.11 bits per heavy atom. The molecule has 1 aromatic heterocycles. The van der Waals surface area contributed by atoms with E-state index in [-0.39, 0.29) is 0 Å². The van der Waals surface area contributed by atoms with E-state index < -0.39 is 5.60 Å². The lowest BCUT2D eigenvalue weighted by atomic mass is 9.64. The van der Waals surface area contributed by atoms with Crippen molar-refractivity contribution < 1.29 is 9.52 Å². The highest BCUT2D eigenvalue weighted by Gasteiger charge is 2.43. The van der Waals surface area contributed by atoms with E-state index in [0.29, 0.717) is 5.92 Å². The molecule has 0 saturated heterocycles. The van der Waals surface area contributed by atoms with Crippen molar-refractivity contribution in [1.29, 1.82) is 0 Å². The summed E-state index contributed by atoms with van der Waals surface area (Å²) >= 11 is 0. The zero-order valence-corrected chi connectivity index (χ0v) is 11.8. The van der Waals surface area contributed by atoms with Gasteiger partial charge in [-0.1, -0.05) is 44.9 Å². The Bertz CT molecular complexity index is 378. The van der Waals surface area contributed by atoms with Crippen LogP contribution in [0.25, 0.3) is 0 Å². The van der Waals surface area contributed by atoms with E-state index in [0.717, 1.165) is 24.3 Å². The predicted octanol–water partition coefficient (Wildman–Crippen LogP) is 4.32. The molecule has 2 heteroatoms. The van der Waals surface area contributed by atoms with Gasteiger partial charge in [0, 0.05) is 6.42 Å². The summed E-state index contributed by atoms with van der Waals surface area (Å²) < 4.78 is 5.17. The first kappa shape index (κ1) is 13.2. The van der Waals surface area contributed by atoms with Crippen LogP contribution < -0.4 is 0 Å². The van der Waals surface area contributed by atoms with Crippen molar-refractivity contribution in [3.05, 3.63) is 24.2 Å². The average molecular weight is 262 g/mol. The number of aliphatic hydroxyl groups is 1. The van der Waals surface area contributed by atoms with Crippen LogP contribution in [0.3, 0.4) is 0 Å². The highest BCUT2D eigenvalue weighted by molar-refractivity contribution is 5.11. The Labute approximate surface area is 116 Å². The number of furan rings is 1. The molecule has 1 N–H and O–H groups in total. The van der Waals surface area contributed by atoms with Gasteiger partial charge in [-0.05, 0) is 36.3 Å². The van der Waals surface area contributed by atoms with Gasteiger partial charge in [-0.25, -0.2) is 0 Å². The van der Waals surface area contributed by atoms with Gasteiger partial charge in [0.25, 0.3) is 0 Å². The van der Waals surface area contributed by atoms with Gasteiger partial charge in [0.1, 0.15) is 0 Å². The van der Waals surface area contributed by atoms with Gasteiger partial charge in [-0.2, -0.15) is 0 Å². The van der Waals surface area contributed by atoms with E-state index in [2.05, 4.69) is 0 Å². The molecule has 1 aromatic rings. The SMILES string of the molecule is OC1(Cc2ccoc2)CCCCC1C1CCCCC1. The third kappa shape index (κ3) is 2.89. The fourth-order valence-corrected chi connectivity index (χ4v) is 4.43. The Kier molecular flexibility index (Phi) is 3.97. The molecule has 0 radical (unpaired) electrons. The first-order chi connectivity index (χ1) is 9.28. The van der Waals surface area contributed by atoms with Crippen LogP contribution in [0.1, 0.15) is 63.4 Å². The van der Waals surface area contributed by atoms with Gasteiger partial charge < -0.3 is 9.52 Å². The quantitative estimate of drug-likeness (QED) is 0.880. The van der Waals surface area contributed by atoms with Crippen molar-refractivity contribution in [1.82, 2.24) is 0 Å².